The van der Waals surface area contributed by atoms with Gasteiger partial charge < -0.3 is 19.9 Å². The molecule has 120 valence electrons. The molecular formula is C15H15N3O5. The Kier molecular flexibility index (Phi) is 3.88. The van der Waals surface area contributed by atoms with Crippen molar-refractivity contribution in [3.8, 4) is 11.5 Å². The Labute approximate surface area is 131 Å². The van der Waals surface area contributed by atoms with Crippen LogP contribution in [0.25, 0.3) is 0 Å². The Morgan fingerprint density at radius 2 is 2.00 bits per heavy atom. The Balaban J connectivity index is 1.71. The molecule has 0 fully saturated rings. The fourth-order valence-electron chi connectivity index (χ4n) is 2.16. The number of carboxylic acid groups (broad SMARTS) is 1. The van der Waals surface area contributed by atoms with Gasteiger partial charge in [0.2, 0.25) is 5.91 Å². The van der Waals surface area contributed by atoms with Gasteiger partial charge >= 0.3 is 5.97 Å². The minimum atomic E-state index is -1.14. The molecule has 0 spiro atoms. The van der Waals surface area contributed by atoms with Crippen molar-refractivity contribution >= 4 is 17.6 Å². The minimum absolute atomic E-state index is 0.107. The lowest BCUT2D eigenvalue weighted by atomic mass is 10.2. The van der Waals surface area contributed by atoms with Crippen molar-refractivity contribution in [2.24, 2.45) is 0 Å². The number of benzene rings is 1. The summed E-state index contributed by atoms with van der Waals surface area (Å²) in [6.45, 7) is 2.60. The third kappa shape index (κ3) is 3.10. The molecule has 1 atom stereocenters. The van der Waals surface area contributed by atoms with E-state index in [0.717, 1.165) is 0 Å². The van der Waals surface area contributed by atoms with Crippen LogP contribution in [0.5, 0.6) is 11.5 Å². The summed E-state index contributed by atoms with van der Waals surface area (Å²) in [6.07, 6.45) is 1.46. The predicted molar refractivity (Wildman–Crippen MR) is 80.0 cm³/mol. The van der Waals surface area contributed by atoms with Gasteiger partial charge in [-0.3, -0.25) is 9.48 Å². The molecule has 2 heterocycles. The van der Waals surface area contributed by atoms with E-state index in [4.69, 9.17) is 14.6 Å². The summed E-state index contributed by atoms with van der Waals surface area (Å²) in [5.41, 5.74) is 0.459. The van der Waals surface area contributed by atoms with Crippen molar-refractivity contribution in [3.05, 3.63) is 36.2 Å². The second kappa shape index (κ2) is 5.99. The van der Waals surface area contributed by atoms with Crippen LogP contribution < -0.4 is 14.8 Å². The number of fused-ring (bicyclic) bond motifs is 1. The van der Waals surface area contributed by atoms with Crippen LogP contribution in [-0.4, -0.2) is 40.0 Å². The molecule has 0 radical (unpaired) electrons. The molecule has 0 saturated carbocycles. The molecular weight excluding hydrogens is 302 g/mol. The van der Waals surface area contributed by atoms with Crippen LogP contribution in [0.3, 0.4) is 0 Å². The van der Waals surface area contributed by atoms with E-state index in [0.29, 0.717) is 30.4 Å². The van der Waals surface area contributed by atoms with Gasteiger partial charge in [0.1, 0.15) is 19.3 Å². The molecule has 0 aliphatic carbocycles. The standard InChI is InChI=1S/C15H15N3O5/c1-9(18-5-4-11(17-18)15(20)21)14(19)16-10-2-3-12-13(8-10)23-7-6-22-12/h2-5,8-9H,6-7H2,1H3,(H,16,19)(H,20,21). The van der Waals surface area contributed by atoms with Gasteiger partial charge in [-0.05, 0) is 25.1 Å². The molecule has 1 aromatic heterocycles. The van der Waals surface area contributed by atoms with Gasteiger partial charge in [0.05, 0.1) is 0 Å². The molecule has 0 bridgehead atoms. The number of aromatic nitrogens is 2. The second-order valence-corrected chi connectivity index (χ2v) is 5.01. The van der Waals surface area contributed by atoms with Gasteiger partial charge in [-0.25, -0.2) is 4.79 Å². The van der Waals surface area contributed by atoms with Gasteiger partial charge in [-0.15, -0.1) is 0 Å². The smallest absolute Gasteiger partial charge is 0.356 e. The van der Waals surface area contributed by atoms with Crippen LogP contribution >= 0.6 is 0 Å². The normalized spacial score (nSPS) is 14.1. The Bertz CT molecular complexity index is 755. The first kappa shape index (κ1) is 14.9. The van der Waals surface area contributed by atoms with Gasteiger partial charge in [-0.2, -0.15) is 5.10 Å². The van der Waals surface area contributed by atoms with E-state index in [9.17, 15) is 9.59 Å². The molecule has 1 unspecified atom stereocenters. The fourth-order valence-corrected chi connectivity index (χ4v) is 2.16. The number of hydrogen-bond acceptors (Lipinski definition) is 5. The van der Waals surface area contributed by atoms with Gasteiger partial charge in [0.15, 0.2) is 17.2 Å². The predicted octanol–water partition coefficient (Wildman–Crippen LogP) is 1.55. The number of aromatic carboxylic acids is 1. The monoisotopic (exact) mass is 317 g/mol. The van der Waals surface area contributed by atoms with Gasteiger partial charge in [0.25, 0.3) is 0 Å². The minimum Gasteiger partial charge on any atom is -0.486 e. The molecule has 8 nitrogen and oxygen atoms in total. The van der Waals surface area contributed by atoms with Gasteiger partial charge in [0, 0.05) is 18.0 Å². The average Bonchev–Trinajstić information content (AvgIpc) is 3.04. The Morgan fingerprint density at radius 1 is 1.26 bits per heavy atom. The summed E-state index contributed by atoms with van der Waals surface area (Å²) in [6, 6.07) is 5.81. The van der Waals surface area contributed by atoms with E-state index in [1.54, 1.807) is 25.1 Å². The van der Waals surface area contributed by atoms with Crippen molar-refractivity contribution in [3.63, 3.8) is 0 Å². The zero-order valence-electron chi connectivity index (χ0n) is 12.4. The number of nitrogens with one attached hydrogen (secondary N) is 1. The maximum Gasteiger partial charge on any atom is 0.356 e. The third-order valence-electron chi connectivity index (χ3n) is 3.41. The molecule has 0 saturated heterocycles. The fraction of sp³-hybridized carbons (Fsp3) is 0.267. The number of carbonyl (C=O) groups is 2. The van der Waals surface area contributed by atoms with Crippen LogP contribution in [0, 0.1) is 0 Å². The summed E-state index contributed by atoms with van der Waals surface area (Å²) < 4.78 is 12.2. The lowest BCUT2D eigenvalue weighted by Gasteiger charge is -2.19. The molecule has 1 amide bonds. The van der Waals surface area contributed by atoms with Crippen LogP contribution in [0.15, 0.2) is 30.5 Å². The molecule has 23 heavy (non-hydrogen) atoms. The number of rotatable bonds is 4. The van der Waals surface area contributed by atoms with Crippen molar-refractivity contribution in [1.29, 1.82) is 0 Å². The summed E-state index contributed by atoms with van der Waals surface area (Å²) in [5, 5.41) is 15.5. The molecule has 1 aliphatic rings. The average molecular weight is 317 g/mol. The Hall–Kier alpha value is -3.03. The van der Waals surface area contributed by atoms with E-state index in [2.05, 4.69) is 10.4 Å². The highest BCUT2D eigenvalue weighted by Gasteiger charge is 2.19. The molecule has 2 N–H and O–H groups in total. The number of carbonyl (C=O) groups excluding carboxylic acids is 1. The van der Waals surface area contributed by atoms with E-state index >= 15 is 0 Å². The maximum absolute atomic E-state index is 12.3. The van der Waals surface area contributed by atoms with Crippen LogP contribution in [-0.2, 0) is 4.79 Å². The highest BCUT2D eigenvalue weighted by molar-refractivity contribution is 5.94. The van der Waals surface area contributed by atoms with Crippen LogP contribution in [0.1, 0.15) is 23.5 Å². The van der Waals surface area contributed by atoms with E-state index < -0.39 is 12.0 Å². The van der Waals surface area contributed by atoms with Crippen molar-refractivity contribution in [2.45, 2.75) is 13.0 Å². The highest BCUT2D eigenvalue weighted by atomic mass is 16.6. The number of anilines is 1. The first-order chi connectivity index (χ1) is 11.0. The third-order valence-corrected chi connectivity index (χ3v) is 3.41. The quantitative estimate of drug-likeness (QED) is 0.887. The zero-order valence-corrected chi connectivity index (χ0v) is 12.4. The lowest BCUT2D eigenvalue weighted by Crippen LogP contribution is -2.24. The number of nitrogens with zero attached hydrogens (tertiary/aromatic N) is 2. The first-order valence-corrected chi connectivity index (χ1v) is 7.03. The number of ether oxygens (including phenoxy) is 2. The van der Waals surface area contributed by atoms with Crippen LogP contribution in [0.4, 0.5) is 5.69 Å². The van der Waals surface area contributed by atoms with E-state index in [1.807, 2.05) is 0 Å². The first-order valence-electron chi connectivity index (χ1n) is 7.03. The number of hydrogen-bond donors (Lipinski definition) is 2. The molecule has 2 aromatic rings. The molecule has 3 rings (SSSR count). The second-order valence-electron chi connectivity index (χ2n) is 5.01. The highest BCUT2D eigenvalue weighted by Crippen LogP contribution is 2.32. The number of carboxylic acids is 1. The SMILES string of the molecule is CC(C(=O)Nc1ccc2c(c1)OCCO2)n1ccc(C(=O)O)n1. The summed E-state index contributed by atoms with van der Waals surface area (Å²) in [5.74, 6) is -0.237. The van der Waals surface area contributed by atoms with Crippen molar-refractivity contribution in [2.75, 3.05) is 18.5 Å². The van der Waals surface area contributed by atoms with E-state index in [1.165, 1.54) is 16.9 Å². The number of amides is 1. The van der Waals surface area contributed by atoms with Crippen molar-refractivity contribution < 1.29 is 24.2 Å². The van der Waals surface area contributed by atoms with Gasteiger partial charge in [-0.1, -0.05) is 0 Å². The lowest BCUT2D eigenvalue weighted by molar-refractivity contribution is -0.119. The largest absolute Gasteiger partial charge is 0.486 e. The van der Waals surface area contributed by atoms with Crippen molar-refractivity contribution in [1.82, 2.24) is 9.78 Å². The summed E-state index contributed by atoms with van der Waals surface area (Å²) in [7, 11) is 0. The molecule has 8 heteroatoms. The topological polar surface area (TPSA) is 103 Å². The van der Waals surface area contributed by atoms with Crippen LogP contribution in [0.2, 0.25) is 0 Å². The zero-order chi connectivity index (χ0) is 16.4. The summed E-state index contributed by atoms with van der Waals surface area (Å²) in [4.78, 5) is 23.1. The molecule has 1 aromatic carbocycles. The summed E-state index contributed by atoms with van der Waals surface area (Å²) >= 11 is 0. The Morgan fingerprint density at radius 3 is 2.70 bits per heavy atom. The maximum atomic E-state index is 12.3. The molecule has 1 aliphatic heterocycles. The van der Waals surface area contributed by atoms with E-state index in [-0.39, 0.29) is 11.6 Å².